The van der Waals surface area contributed by atoms with E-state index in [1.807, 2.05) is 0 Å². The highest BCUT2D eigenvalue weighted by Crippen LogP contribution is 2.34. The zero-order valence-electron chi connectivity index (χ0n) is 18.8. The molecule has 8 nitrogen and oxygen atoms in total. The topological polar surface area (TPSA) is 105 Å². The second-order valence-electron chi connectivity index (χ2n) is 7.84. The number of rotatable bonds is 6. The Bertz CT molecular complexity index is 1380. The van der Waals surface area contributed by atoms with E-state index < -0.39 is 17.8 Å². The van der Waals surface area contributed by atoms with Crippen LogP contribution in [0.25, 0.3) is 10.8 Å². The summed E-state index contributed by atoms with van der Waals surface area (Å²) in [6, 6.07) is 17.0. The van der Waals surface area contributed by atoms with Crippen molar-refractivity contribution in [1.29, 1.82) is 0 Å². The molecule has 176 valence electrons. The molecule has 0 bridgehead atoms. The summed E-state index contributed by atoms with van der Waals surface area (Å²) in [7, 11) is 0. The van der Waals surface area contributed by atoms with Crippen LogP contribution in [0.1, 0.15) is 38.0 Å². The predicted molar refractivity (Wildman–Crippen MR) is 135 cm³/mol. The molecule has 1 aliphatic rings. The third kappa shape index (κ3) is 4.80. The average molecular weight is 488 g/mol. The van der Waals surface area contributed by atoms with Crippen molar-refractivity contribution in [3.63, 3.8) is 0 Å². The molecule has 0 aliphatic carbocycles. The number of carbonyl (C=O) groups excluding carboxylic acids is 4. The van der Waals surface area contributed by atoms with E-state index in [1.54, 1.807) is 60.7 Å². The van der Waals surface area contributed by atoms with Crippen molar-refractivity contribution in [3.05, 3.63) is 89.5 Å². The Morgan fingerprint density at radius 1 is 0.971 bits per heavy atom. The molecular formula is C26H21N3O5S. The summed E-state index contributed by atoms with van der Waals surface area (Å²) in [4.78, 5) is 51.3. The van der Waals surface area contributed by atoms with Gasteiger partial charge in [0.2, 0.25) is 0 Å². The molecule has 4 rings (SSSR count). The van der Waals surface area contributed by atoms with E-state index in [-0.39, 0.29) is 29.7 Å². The third-order valence-electron chi connectivity index (χ3n) is 5.40. The Balaban J connectivity index is 1.56. The lowest BCUT2D eigenvalue weighted by Crippen LogP contribution is -2.42. The fraction of sp³-hybridized carbons (Fsp3) is 0.115. The predicted octanol–water partition coefficient (Wildman–Crippen LogP) is 3.68. The molecule has 9 heteroatoms. The van der Waals surface area contributed by atoms with E-state index in [2.05, 4.69) is 17.2 Å². The van der Waals surface area contributed by atoms with Gasteiger partial charge in [-0.2, -0.15) is 0 Å². The zero-order valence-corrected chi connectivity index (χ0v) is 19.6. The minimum absolute atomic E-state index is 0.0778. The maximum absolute atomic E-state index is 13.1. The summed E-state index contributed by atoms with van der Waals surface area (Å²) >= 11 is 5.30. The number of hydrogen-bond donors (Lipinski definition) is 2. The number of nitrogens with one attached hydrogen (secondary N) is 2. The molecule has 0 fully saturated rings. The molecule has 35 heavy (non-hydrogen) atoms. The van der Waals surface area contributed by atoms with Gasteiger partial charge in [0.05, 0.1) is 6.54 Å². The first-order valence-electron chi connectivity index (χ1n) is 10.7. The van der Waals surface area contributed by atoms with Crippen LogP contribution in [0.2, 0.25) is 0 Å². The Labute approximate surface area is 206 Å². The number of ether oxygens (including phenoxy) is 1. The van der Waals surface area contributed by atoms with Gasteiger partial charge in [-0.3, -0.25) is 24.6 Å². The average Bonchev–Trinajstić information content (AvgIpc) is 2.85. The zero-order chi connectivity index (χ0) is 25.1. The Morgan fingerprint density at radius 3 is 2.34 bits per heavy atom. The van der Waals surface area contributed by atoms with Crippen molar-refractivity contribution < 1.29 is 23.9 Å². The van der Waals surface area contributed by atoms with Gasteiger partial charge in [-0.15, -0.1) is 0 Å². The molecule has 0 saturated carbocycles. The van der Waals surface area contributed by atoms with Crippen LogP contribution in [0.3, 0.4) is 0 Å². The number of esters is 1. The number of thiocarbonyl (C=S) groups is 1. The lowest BCUT2D eigenvalue weighted by atomic mass is 9.93. The fourth-order valence-electron chi connectivity index (χ4n) is 3.73. The van der Waals surface area contributed by atoms with Gasteiger partial charge in [-0.1, -0.05) is 36.9 Å². The van der Waals surface area contributed by atoms with Crippen molar-refractivity contribution >= 4 is 57.5 Å². The SMILES string of the molecule is C=C(C)C(=O)OCCN1C(=O)c2cccc3c(NC(=S)NC(=O)c4ccccc4)ccc(c23)C1=O. The van der Waals surface area contributed by atoms with E-state index in [0.29, 0.717) is 33.2 Å². The molecule has 1 heterocycles. The van der Waals surface area contributed by atoms with Gasteiger partial charge in [0.1, 0.15) is 6.61 Å². The van der Waals surface area contributed by atoms with Crippen molar-refractivity contribution in [3.8, 4) is 0 Å². The summed E-state index contributed by atoms with van der Waals surface area (Å²) in [6.07, 6.45) is 0. The van der Waals surface area contributed by atoms with E-state index in [1.165, 1.54) is 6.92 Å². The Hall–Kier alpha value is -4.37. The first kappa shape index (κ1) is 23.8. The molecule has 3 amide bonds. The molecule has 2 N–H and O–H groups in total. The van der Waals surface area contributed by atoms with Crippen LogP contribution in [0.4, 0.5) is 5.69 Å². The van der Waals surface area contributed by atoms with Crippen LogP contribution in [0.15, 0.2) is 72.8 Å². The van der Waals surface area contributed by atoms with Crippen LogP contribution in [-0.2, 0) is 9.53 Å². The van der Waals surface area contributed by atoms with Crippen molar-refractivity contribution in [2.24, 2.45) is 0 Å². The maximum Gasteiger partial charge on any atom is 0.333 e. The Kier molecular flexibility index (Phi) is 6.70. The van der Waals surface area contributed by atoms with Gasteiger partial charge < -0.3 is 10.1 Å². The van der Waals surface area contributed by atoms with Gasteiger partial charge in [0.15, 0.2) is 5.11 Å². The third-order valence-corrected chi connectivity index (χ3v) is 5.60. The summed E-state index contributed by atoms with van der Waals surface area (Å²) in [5, 5.41) is 6.77. The molecule has 1 aliphatic heterocycles. The largest absolute Gasteiger partial charge is 0.460 e. The summed E-state index contributed by atoms with van der Waals surface area (Å²) in [6.45, 7) is 4.80. The standard InChI is InChI=1S/C26H21N3O5S/c1-15(2)25(33)34-14-13-29-23(31)18-10-6-9-17-20(12-11-19(21(17)18)24(29)32)27-26(35)28-22(30)16-7-4-3-5-8-16/h3-12H,1,13-14H2,2H3,(H2,27,28,30,35). The molecule has 0 aromatic heterocycles. The van der Waals surface area contributed by atoms with Crippen LogP contribution in [-0.4, -0.2) is 46.9 Å². The highest BCUT2D eigenvalue weighted by atomic mass is 32.1. The van der Waals surface area contributed by atoms with Gasteiger partial charge >= 0.3 is 5.97 Å². The highest BCUT2D eigenvalue weighted by Gasteiger charge is 2.33. The molecule has 0 spiro atoms. The quantitative estimate of drug-likeness (QED) is 0.237. The monoisotopic (exact) mass is 487 g/mol. The molecular weight excluding hydrogens is 466 g/mol. The summed E-state index contributed by atoms with van der Waals surface area (Å²) < 4.78 is 5.05. The minimum atomic E-state index is -0.588. The normalized spacial score (nSPS) is 12.3. The van der Waals surface area contributed by atoms with E-state index >= 15 is 0 Å². The van der Waals surface area contributed by atoms with Gasteiger partial charge in [-0.05, 0) is 49.5 Å². The number of benzene rings is 3. The van der Waals surface area contributed by atoms with Crippen molar-refractivity contribution in [2.45, 2.75) is 6.92 Å². The smallest absolute Gasteiger partial charge is 0.333 e. The number of hydrogen-bond acceptors (Lipinski definition) is 6. The summed E-state index contributed by atoms with van der Waals surface area (Å²) in [5.74, 6) is -1.93. The van der Waals surface area contributed by atoms with Crippen LogP contribution in [0, 0.1) is 0 Å². The molecule has 0 saturated heterocycles. The van der Waals surface area contributed by atoms with Crippen LogP contribution < -0.4 is 10.6 Å². The molecule has 0 radical (unpaired) electrons. The highest BCUT2D eigenvalue weighted by molar-refractivity contribution is 7.80. The number of amides is 3. The first-order valence-corrected chi connectivity index (χ1v) is 11.1. The maximum atomic E-state index is 13.1. The number of carbonyl (C=O) groups is 4. The molecule has 3 aromatic rings. The van der Waals surface area contributed by atoms with E-state index in [9.17, 15) is 19.2 Å². The van der Waals surface area contributed by atoms with Crippen molar-refractivity contribution in [1.82, 2.24) is 10.2 Å². The Morgan fingerprint density at radius 2 is 1.66 bits per heavy atom. The lowest BCUT2D eigenvalue weighted by molar-refractivity contribution is -0.139. The van der Waals surface area contributed by atoms with E-state index in [4.69, 9.17) is 17.0 Å². The minimum Gasteiger partial charge on any atom is -0.460 e. The second kappa shape index (κ2) is 9.86. The number of imide groups is 1. The second-order valence-corrected chi connectivity index (χ2v) is 8.25. The van der Waals surface area contributed by atoms with Crippen LogP contribution in [0.5, 0.6) is 0 Å². The molecule has 0 unspecified atom stereocenters. The summed E-state index contributed by atoms with van der Waals surface area (Å²) in [5.41, 5.74) is 1.90. The first-order chi connectivity index (χ1) is 16.8. The van der Waals surface area contributed by atoms with Gasteiger partial charge in [-0.25, -0.2) is 4.79 Å². The van der Waals surface area contributed by atoms with Gasteiger partial charge in [0, 0.05) is 38.7 Å². The lowest BCUT2D eigenvalue weighted by Gasteiger charge is -2.27. The van der Waals surface area contributed by atoms with Crippen molar-refractivity contribution in [2.75, 3.05) is 18.5 Å². The van der Waals surface area contributed by atoms with Gasteiger partial charge in [0.25, 0.3) is 17.7 Å². The molecule has 3 aromatic carbocycles. The van der Waals surface area contributed by atoms with E-state index in [0.717, 1.165) is 4.90 Å². The fourth-order valence-corrected chi connectivity index (χ4v) is 3.93. The molecule has 0 atom stereocenters. The number of anilines is 1. The van der Waals surface area contributed by atoms with Crippen LogP contribution >= 0.6 is 12.2 Å². The number of nitrogens with zero attached hydrogens (tertiary/aromatic N) is 1.